The molecule has 230 valence electrons. The molecule has 2 N–H and O–H groups in total. The van der Waals surface area contributed by atoms with Gasteiger partial charge in [-0.25, -0.2) is 4.39 Å². The molecule has 2 aromatic rings. The van der Waals surface area contributed by atoms with Gasteiger partial charge in [0.15, 0.2) is 0 Å². The van der Waals surface area contributed by atoms with E-state index < -0.39 is 12.3 Å². The van der Waals surface area contributed by atoms with Crippen LogP contribution in [0.25, 0.3) is 0 Å². The van der Waals surface area contributed by atoms with Gasteiger partial charge in [-0.15, -0.1) is 0 Å². The van der Waals surface area contributed by atoms with Gasteiger partial charge in [0.25, 0.3) is 5.91 Å². The van der Waals surface area contributed by atoms with Gasteiger partial charge >= 0.3 is 0 Å². The lowest BCUT2D eigenvalue weighted by molar-refractivity contribution is -0.0722. The van der Waals surface area contributed by atoms with Crippen molar-refractivity contribution in [2.24, 2.45) is 29.1 Å². The number of nitriles is 1. The Labute approximate surface area is 256 Å². The minimum Gasteiger partial charge on any atom is -0.508 e. The average molecular weight is 587 g/mol. The van der Waals surface area contributed by atoms with E-state index in [1.165, 1.54) is 32.1 Å². The largest absolute Gasteiger partial charge is 0.508 e. The summed E-state index contributed by atoms with van der Waals surface area (Å²) in [4.78, 5) is 15.7. The van der Waals surface area contributed by atoms with Crippen molar-refractivity contribution in [2.45, 2.75) is 102 Å². The molecule has 43 heavy (non-hydrogen) atoms. The maximum Gasteiger partial charge on any atom is 0.253 e. The van der Waals surface area contributed by atoms with Gasteiger partial charge in [0.05, 0.1) is 17.7 Å². The van der Waals surface area contributed by atoms with E-state index in [4.69, 9.17) is 0 Å². The Bertz CT molecular complexity index is 1330. The van der Waals surface area contributed by atoms with Crippen molar-refractivity contribution >= 4 is 5.91 Å². The van der Waals surface area contributed by atoms with E-state index in [0.717, 1.165) is 56.2 Å². The number of phenolic OH excluding ortho intramolecular Hbond substituents is 1. The summed E-state index contributed by atoms with van der Waals surface area (Å²) < 4.78 is 16.1. The van der Waals surface area contributed by atoms with Gasteiger partial charge < -0.3 is 15.1 Å². The number of amides is 1. The number of hydrogen-bond donors (Lipinski definition) is 2. The lowest BCUT2D eigenvalue weighted by atomic mass is 9.51. The standard InChI is InChI=1S/C37H47FN2O3/c1-37-21-32(38)35-30-15-14-29(41)20-28(30)19-27(34(35)31(37)16-17-33(37)42)9-5-6-18-40(23-25-7-3-2-4-8-25)36(43)26-12-10-24(22-39)11-13-26/h10-15,20,25,27,31-35,41-42H,2-9,16-19,21,23H2,1H3/t27-,31?,32+,33+,34?,35?,37?/m1/s1. The van der Waals surface area contributed by atoms with Crippen molar-refractivity contribution in [1.82, 2.24) is 4.90 Å². The Morgan fingerprint density at radius 3 is 2.58 bits per heavy atom. The van der Waals surface area contributed by atoms with Crippen molar-refractivity contribution < 1.29 is 19.4 Å². The number of halogens is 1. The number of phenols is 1. The molecule has 1 amide bonds. The summed E-state index contributed by atoms with van der Waals surface area (Å²) in [6.07, 6.45) is 10.4. The topological polar surface area (TPSA) is 84.6 Å². The Balaban J connectivity index is 1.17. The molecular formula is C37H47FN2O3. The quantitative estimate of drug-likeness (QED) is 0.313. The predicted octanol–water partition coefficient (Wildman–Crippen LogP) is 7.55. The first kappa shape index (κ1) is 30.1. The number of alkyl halides is 1. The second-order valence-corrected chi connectivity index (χ2v) is 14.3. The van der Waals surface area contributed by atoms with Gasteiger partial charge in [-0.3, -0.25) is 4.79 Å². The molecule has 2 aromatic carbocycles. The first-order chi connectivity index (χ1) is 20.8. The fourth-order valence-electron chi connectivity index (χ4n) is 9.57. The third kappa shape index (κ3) is 5.95. The zero-order valence-corrected chi connectivity index (χ0v) is 25.6. The number of unbranched alkanes of at least 4 members (excludes halogenated alkanes) is 1. The van der Waals surface area contributed by atoms with E-state index in [2.05, 4.69) is 13.0 Å². The van der Waals surface area contributed by atoms with Crippen LogP contribution >= 0.6 is 0 Å². The normalized spacial score (nSPS) is 31.9. The molecule has 4 unspecified atom stereocenters. The van der Waals surface area contributed by atoms with Gasteiger partial charge in [0.2, 0.25) is 0 Å². The fourth-order valence-corrected chi connectivity index (χ4v) is 9.57. The summed E-state index contributed by atoms with van der Waals surface area (Å²) in [5.41, 5.74) is 2.95. The second-order valence-electron chi connectivity index (χ2n) is 14.3. The highest BCUT2D eigenvalue weighted by Crippen LogP contribution is 2.63. The zero-order chi connectivity index (χ0) is 30.1. The molecule has 4 aliphatic rings. The Morgan fingerprint density at radius 2 is 1.84 bits per heavy atom. The summed E-state index contributed by atoms with van der Waals surface area (Å²) in [7, 11) is 0. The zero-order valence-electron chi connectivity index (χ0n) is 25.6. The molecule has 3 saturated carbocycles. The van der Waals surface area contributed by atoms with Gasteiger partial charge in [0, 0.05) is 24.6 Å². The van der Waals surface area contributed by atoms with E-state index in [1.807, 2.05) is 17.0 Å². The smallest absolute Gasteiger partial charge is 0.253 e. The van der Waals surface area contributed by atoms with Gasteiger partial charge in [0.1, 0.15) is 11.9 Å². The Kier molecular flexibility index (Phi) is 8.83. The number of carbonyl (C=O) groups excluding carboxylic acids is 1. The number of aliphatic hydroxyl groups is 1. The molecule has 6 heteroatoms. The molecule has 0 saturated heterocycles. The number of hydrogen-bond acceptors (Lipinski definition) is 4. The van der Waals surface area contributed by atoms with E-state index in [0.29, 0.717) is 35.9 Å². The fraction of sp³-hybridized carbons (Fsp3) is 0.622. The van der Waals surface area contributed by atoms with Crippen LogP contribution in [0.3, 0.4) is 0 Å². The number of rotatable bonds is 8. The molecule has 0 aromatic heterocycles. The maximum absolute atomic E-state index is 16.1. The van der Waals surface area contributed by atoms with E-state index in [9.17, 15) is 20.3 Å². The summed E-state index contributed by atoms with van der Waals surface area (Å²) in [6.45, 7) is 3.58. The first-order valence-corrected chi connectivity index (χ1v) is 16.7. The van der Waals surface area contributed by atoms with Crippen molar-refractivity contribution in [3.63, 3.8) is 0 Å². The Hall–Kier alpha value is -2.91. The molecule has 0 spiro atoms. The minimum absolute atomic E-state index is 0.0421. The molecular weight excluding hydrogens is 539 g/mol. The molecule has 0 aliphatic heterocycles. The van der Waals surface area contributed by atoms with Crippen LogP contribution in [0.1, 0.15) is 111 Å². The summed E-state index contributed by atoms with van der Waals surface area (Å²) >= 11 is 0. The predicted molar refractivity (Wildman–Crippen MR) is 165 cm³/mol. The summed E-state index contributed by atoms with van der Waals surface area (Å²) in [6, 6.07) is 14.6. The van der Waals surface area contributed by atoms with Gasteiger partial charge in [-0.2, -0.15) is 5.26 Å². The summed E-state index contributed by atoms with van der Waals surface area (Å²) in [5.74, 6) is 1.40. The second kappa shape index (κ2) is 12.6. The van der Waals surface area contributed by atoms with Crippen LogP contribution in [-0.2, 0) is 6.42 Å². The van der Waals surface area contributed by atoms with Crippen molar-refractivity contribution in [3.05, 3.63) is 64.7 Å². The molecule has 7 atom stereocenters. The van der Waals surface area contributed by atoms with Crippen LogP contribution < -0.4 is 0 Å². The molecule has 5 nitrogen and oxygen atoms in total. The SMILES string of the molecule is CC12C[C@H](F)C3c4ccc(O)cc4C[C@@H](CCCCN(CC4CCCCC4)C(=O)c4ccc(C#N)cc4)C3C1CC[C@@H]2O. The number of nitrogens with zero attached hydrogens (tertiary/aromatic N) is 2. The van der Waals surface area contributed by atoms with Crippen LogP contribution in [-0.4, -0.2) is 46.4 Å². The highest BCUT2D eigenvalue weighted by Gasteiger charge is 2.59. The van der Waals surface area contributed by atoms with Crippen molar-refractivity contribution in [3.8, 4) is 11.8 Å². The third-order valence-corrected chi connectivity index (χ3v) is 11.8. The van der Waals surface area contributed by atoms with Gasteiger partial charge in [-0.05, 0) is 128 Å². The van der Waals surface area contributed by atoms with Crippen LogP contribution in [0.5, 0.6) is 5.75 Å². The highest BCUT2D eigenvalue weighted by atomic mass is 19.1. The molecule has 0 bridgehead atoms. The van der Waals surface area contributed by atoms with E-state index >= 15 is 4.39 Å². The number of carbonyl (C=O) groups is 1. The molecule has 0 radical (unpaired) electrons. The molecule has 0 heterocycles. The number of fused-ring (bicyclic) bond motifs is 5. The highest BCUT2D eigenvalue weighted by molar-refractivity contribution is 5.94. The molecule has 6 rings (SSSR count). The molecule has 4 aliphatic carbocycles. The monoisotopic (exact) mass is 586 g/mol. The number of aliphatic hydroxyl groups excluding tert-OH is 1. The van der Waals surface area contributed by atoms with Crippen molar-refractivity contribution in [2.75, 3.05) is 13.1 Å². The first-order valence-electron chi connectivity index (χ1n) is 16.7. The lowest BCUT2D eigenvalue weighted by Crippen LogP contribution is -2.51. The Morgan fingerprint density at radius 1 is 1.07 bits per heavy atom. The van der Waals surface area contributed by atoms with Gasteiger partial charge in [-0.1, -0.05) is 38.7 Å². The van der Waals surface area contributed by atoms with Crippen LogP contribution in [0.4, 0.5) is 4.39 Å². The van der Waals surface area contributed by atoms with E-state index in [-0.39, 0.29) is 34.8 Å². The average Bonchev–Trinajstić information content (AvgIpc) is 3.31. The lowest BCUT2D eigenvalue weighted by Gasteiger charge is -2.54. The third-order valence-electron chi connectivity index (χ3n) is 11.8. The minimum atomic E-state index is -0.999. The van der Waals surface area contributed by atoms with Crippen LogP contribution in [0.15, 0.2) is 42.5 Å². The number of benzene rings is 2. The summed E-state index contributed by atoms with van der Waals surface area (Å²) in [5, 5.41) is 30.4. The molecule has 3 fully saturated rings. The number of aromatic hydroxyl groups is 1. The van der Waals surface area contributed by atoms with E-state index in [1.54, 1.807) is 30.3 Å². The van der Waals surface area contributed by atoms with Crippen LogP contribution in [0.2, 0.25) is 0 Å². The van der Waals surface area contributed by atoms with Crippen molar-refractivity contribution in [1.29, 1.82) is 5.26 Å². The maximum atomic E-state index is 16.1. The van der Waals surface area contributed by atoms with Crippen LogP contribution in [0, 0.1) is 40.4 Å².